The van der Waals surface area contributed by atoms with Crippen LogP contribution in [0.25, 0.3) is 11.1 Å². The molecule has 7 nitrogen and oxygen atoms in total. The van der Waals surface area contributed by atoms with E-state index in [4.69, 9.17) is 14.5 Å². The van der Waals surface area contributed by atoms with E-state index in [1.54, 1.807) is 24.2 Å². The Hall–Kier alpha value is -3.48. The van der Waals surface area contributed by atoms with Crippen molar-refractivity contribution in [2.75, 3.05) is 13.1 Å². The van der Waals surface area contributed by atoms with E-state index in [9.17, 15) is 4.79 Å². The van der Waals surface area contributed by atoms with Crippen LogP contribution < -0.4 is 9.47 Å². The number of nitrogens with zero attached hydrogens (tertiary/aromatic N) is 4. The molecule has 1 amide bonds. The highest BCUT2D eigenvalue weighted by molar-refractivity contribution is 5.74. The van der Waals surface area contributed by atoms with Crippen LogP contribution in [0.3, 0.4) is 0 Å². The summed E-state index contributed by atoms with van der Waals surface area (Å²) < 4.78 is 12.1. The Morgan fingerprint density at radius 3 is 2.84 bits per heavy atom. The maximum absolute atomic E-state index is 11.4. The van der Waals surface area contributed by atoms with Gasteiger partial charge in [0, 0.05) is 36.6 Å². The molecule has 1 fully saturated rings. The molecule has 3 aromatic rings. The first-order valence-corrected chi connectivity index (χ1v) is 11.1. The van der Waals surface area contributed by atoms with Crippen molar-refractivity contribution in [1.29, 1.82) is 0 Å². The molecule has 0 spiro atoms. The highest BCUT2D eigenvalue weighted by Gasteiger charge is 2.30. The lowest BCUT2D eigenvalue weighted by atomic mass is 9.90. The summed E-state index contributed by atoms with van der Waals surface area (Å²) in [5.74, 6) is 1.40. The van der Waals surface area contributed by atoms with E-state index >= 15 is 0 Å². The van der Waals surface area contributed by atoms with Gasteiger partial charge in [-0.25, -0.2) is 4.98 Å². The van der Waals surface area contributed by atoms with Crippen molar-refractivity contribution < 1.29 is 14.3 Å². The molecule has 7 heteroatoms. The Bertz CT molecular complexity index is 1110. The van der Waals surface area contributed by atoms with Crippen LogP contribution in [0.4, 0.5) is 0 Å². The molecule has 1 aliphatic heterocycles. The number of pyridine rings is 3. The number of hydrogen-bond donors (Lipinski definition) is 0. The van der Waals surface area contributed by atoms with Crippen molar-refractivity contribution in [2.24, 2.45) is 0 Å². The zero-order valence-electron chi connectivity index (χ0n) is 18.2. The monoisotopic (exact) mass is 430 g/mol. The van der Waals surface area contributed by atoms with Gasteiger partial charge in [0.05, 0.1) is 25.0 Å². The van der Waals surface area contributed by atoms with Gasteiger partial charge < -0.3 is 14.4 Å². The van der Waals surface area contributed by atoms with E-state index in [-0.39, 0.29) is 12.0 Å². The first-order chi connectivity index (χ1) is 15.7. The van der Waals surface area contributed by atoms with Crippen LogP contribution in [0.15, 0.2) is 48.9 Å². The highest BCUT2D eigenvalue weighted by atomic mass is 16.5. The SMILES string of the molecule is CC(=O)N1CC(Oc2cncc(-c3cc(OCc4ccccn4)nc4c3CCCC4)c2)C1. The predicted octanol–water partition coefficient (Wildman–Crippen LogP) is 3.61. The normalized spacial score (nSPS) is 15.6. The Morgan fingerprint density at radius 2 is 2.03 bits per heavy atom. The summed E-state index contributed by atoms with van der Waals surface area (Å²) in [5.41, 5.74) is 5.33. The number of aryl methyl sites for hydroxylation is 1. The lowest BCUT2D eigenvalue weighted by Crippen LogP contribution is -2.55. The van der Waals surface area contributed by atoms with E-state index < -0.39 is 0 Å². The number of rotatable bonds is 6. The molecule has 164 valence electrons. The fourth-order valence-electron chi connectivity index (χ4n) is 4.23. The maximum atomic E-state index is 11.4. The minimum atomic E-state index is 0.0135. The summed E-state index contributed by atoms with van der Waals surface area (Å²) in [6.07, 6.45) is 9.61. The van der Waals surface area contributed by atoms with Crippen molar-refractivity contribution in [1.82, 2.24) is 19.9 Å². The van der Waals surface area contributed by atoms with Crippen LogP contribution in [0.2, 0.25) is 0 Å². The molecule has 0 unspecified atom stereocenters. The minimum absolute atomic E-state index is 0.0135. The second kappa shape index (κ2) is 8.94. The molecule has 0 radical (unpaired) electrons. The van der Waals surface area contributed by atoms with Gasteiger partial charge in [-0.3, -0.25) is 14.8 Å². The van der Waals surface area contributed by atoms with Crippen molar-refractivity contribution in [3.05, 3.63) is 65.9 Å². The third kappa shape index (κ3) is 4.42. The van der Waals surface area contributed by atoms with Gasteiger partial charge in [-0.05, 0) is 55.0 Å². The minimum Gasteiger partial charge on any atom is -0.485 e. The number of ether oxygens (including phenoxy) is 2. The lowest BCUT2D eigenvalue weighted by Gasteiger charge is -2.38. The second-order valence-corrected chi connectivity index (χ2v) is 8.32. The molecule has 1 aliphatic carbocycles. The second-order valence-electron chi connectivity index (χ2n) is 8.32. The Balaban J connectivity index is 1.39. The Morgan fingerprint density at radius 1 is 1.16 bits per heavy atom. The van der Waals surface area contributed by atoms with Gasteiger partial charge in [0.15, 0.2) is 0 Å². The van der Waals surface area contributed by atoms with E-state index in [0.29, 0.717) is 31.3 Å². The molecular formula is C25H26N4O3. The largest absolute Gasteiger partial charge is 0.485 e. The Kier molecular flexibility index (Phi) is 5.71. The topological polar surface area (TPSA) is 77.4 Å². The number of aromatic nitrogens is 3. The van der Waals surface area contributed by atoms with E-state index in [1.165, 1.54) is 5.56 Å². The van der Waals surface area contributed by atoms with Gasteiger partial charge in [0.1, 0.15) is 18.5 Å². The zero-order chi connectivity index (χ0) is 21.9. The third-order valence-electron chi connectivity index (χ3n) is 5.99. The molecule has 1 saturated heterocycles. The summed E-state index contributed by atoms with van der Waals surface area (Å²) in [4.78, 5) is 26.7. The summed E-state index contributed by atoms with van der Waals surface area (Å²) >= 11 is 0. The molecule has 5 rings (SSSR count). The predicted molar refractivity (Wildman–Crippen MR) is 119 cm³/mol. The molecule has 3 aromatic heterocycles. The highest BCUT2D eigenvalue weighted by Crippen LogP contribution is 2.35. The van der Waals surface area contributed by atoms with Gasteiger partial charge in [0.2, 0.25) is 11.8 Å². The van der Waals surface area contributed by atoms with Gasteiger partial charge in [-0.1, -0.05) is 6.07 Å². The van der Waals surface area contributed by atoms with Gasteiger partial charge >= 0.3 is 0 Å². The molecule has 0 N–H and O–H groups in total. The zero-order valence-corrected chi connectivity index (χ0v) is 18.2. The number of hydrogen-bond acceptors (Lipinski definition) is 6. The molecule has 32 heavy (non-hydrogen) atoms. The number of carbonyl (C=O) groups is 1. The summed E-state index contributed by atoms with van der Waals surface area (Å²) in [6.45, 7) is 3.20. The molecule has 4 heterocycles. The lowest BCUT2D eigenvalue weighted by molar-refractivity contribution is -0.137. The molecule has 2 aliphatic rings. The standard InChI is InChI=1S/C25H26N4O3/c1-17(30)29-14-21(15-29)32-20-10-18(12-26-13-20)23-11-25(28-24-8-3-2-7-22(23)24)31-16-19-6-4-5-9-27-19/h4-6,9-13,21H,2-3,7-8,14-16H2,1H3. The smallest absolute Gasteiger partial charge is 0.219 e. The summed E-state index contributed by atoms with van der Waals surface area (Å²) in [7, 11) is 0. The van der Waals surface area contributed by atoms with Crippen molar-refractivity contribution >= 4 is 5.91 Å². The summed E-state index contributed by atoms with van der Waals surface area (Å²) in [5, 5.41) is 0. The van der Waals surface area contributed by atoms with Crippen molar-refractivity contribution in [2.45, 2.75) is 45.3 Å². The van der Waals surface area contributed by atoms with Crippen molar-refractivity contribution in [3.8, 4) is 22.8 Å². The molecule has 0 saturated carbocycles. The maximum Gasteiger partial charge on any atom is 0.219 e. The number of fused-ring (bicyclic) bond motifs is 1. The van der Waals surface area contributed by atoms with Crippen LogP contribution in [0.5, 0.6) is 11.6 Å². The van der Waals surface area contributed by atoms with Crippen LogP contribution in [-0.4, -0.2) is 45.0 Å². The first kappa shape index (κ1) is 20.4. The van der Waals surface area contributed by atoms with Crippen LogP contribution in [0, 0.1) is 0 Å². The number of likely N-dealkylation sites (tertiary alicyclic amines) is 1. The Labute approximate surface area is 187 Å². The molecule has 0 atom stereocenters. The van der Waals surface area contributed by atoms with Crippen LogP contribution in [0.1, 0.15) is 36.7 Å². The van der Waals surface area contributed by atoms with E-state index in [2.05, 4.69) is 9.97 Å². The van der Waals surface area contributed by atoms with E-state index in [1.807, 2.05) is 36.5 Å². The van der Waals surface area contributed by atoms with Crippen molar-refractivity contribution in [3.63, 3.8) is 0 Å². The van der Waals surface area contributed by atoms with Gasteiger partial charge in [-0.15, -0.1) is 0 Å². The quantitative estimate of drug-likeness (QED) is 0.595. The average molecular weight is 431 g/mol. The average Bonchev–Trinajstić information content (AvgIpc) is 2.80. The van der Waals surface area contributed by atoms with Crippen LogP contribution in [-0.2, 0) is 24.2 Å². The van der Waals surface area contributed by atoms with Gasteiger partial charge in [-0.2, -0.15) is 0 Å². The van der Waals surface area contributed by atoms with Gasteiger partial charge in [0.25, 0.3) is 0 Å². The first-order valence-electron chi connectivity index (χ1n) is 11.1. The number of carbonyl (C=O) groups excluding carboxylic acids is 1. The molecule has 0 bridgehead atoms. The van der Waals surface area contributed by atoms with E-state index in [0.717, 1.165) is 48.2 Å². The molecule has 0 aromatic carbocycles. The fraction of sp³-hybridized carbons (Fsp3) is 0.360. The fourth-order valence-corrected chi connectivity index (χ4v) is 4.23. The van der Waals surface area contributed by atoms with Crippen LogP contribution >= 0.6 is 0 Å². The third-order valence-corrected chi connectivity index (χ3v) is 5.99. The summed E-state index contributed by atoms with van der Waals surface area (Å²) in [6, 6.07) is 9.82. The molecular weight excluding hydrogens is 404 g/mol. The number of amides is 1.